The van der Waals surface area contributed by atoms with E-state index >= 15 is 0 Å². The lowest BCUT2D eigenvalue weighted by Crippen LogP contribution is -2.09. The SMILES string of the molecule is NOC(=O)CCCC(=O)O. The number of hydrogen-bond acceptors (Lipinski definition) is 4. The van der Waals surface area contributed by atoms with Gasteiger partial charge in [-0.2, -0.15) is 5.90 Å². The number of aliphatic carboxylic acids is 1. The highest BCUT2D eigenvalue weighted by Crippen LogP contribution is 1.95. The van der Waals surface area contributed by atoms with Gasteiger partial charge >= 0.3 is 11.9 Å². The number of carbonyl (C=O) groups excluding carboxylic acids is 1. The molecule has 0 heterocycles. The second kappa shape index (κ2) is 4.75. The molecule has 10 heavy (non-hydrogen) atoms. The Bertz CT molecular complexity index is 134. The smallest absolute Gasteiger partial charge is 0.324 e. The number of carbonyl (C=O) groups is 2. The van der Waals surface area contributed by atoms with Gasteiger partial charge in [0.05, 0.1) is 0 Å². The molecule has 0 atom stereocenters. The third kappa shape index (κ3) is 5.04. The average molecular weight is 147 g/mol. The summed E-state index contributed by atoms with van der Waals surface area (Å²) >= 11 is 0. The molecular formula is C5H9NO4. The highest BCUT2D eigenvalue weighted by Gasteiger charge is 2.02. The highest BCUT2D eigenvalue weighted by molar-refractivity contribution is 5.71. The van der Waals surface area contributed by atoms with Gasteiger partial charge in [0.25, 0.3) is 0 Å². The van der Waals surface area contributed by atoms with Crippen LogP contribution in [0.4, 0.5) is 0 Å². The van der Waals surface area contributed by atoms with Gasteiger partial charge in [0.1, 0.15) is 0 Å². The maximum atomic E-state index is 10.3. The number of carboxylic acid groups (broad SMARTS) is 1. The molecule has 0 fully saturated rings. The van der Waals surface area contributed by atoms with Crippen molar-refractivity contribution in [2.24, 2.45) is 5.90 Å². The Morgan fingerprint density at radius 3 is 2.40 bits per heavy atom. The number of nitrogens with two attached hydrogens (primary N) is 1. The van der Waals surface area contributed by atoms with Gasteiger partial charge in [-0.3, -0.25) is 9.59 Å². The van der Waals surface area contributed by atoms with Crippen molar-refractivity contribution in [1.82, 2.24) is 0 Å². The summed E-state index contributed by atoms with van der Waals surface area (Å²) in [6, 6.07) is 0. The summed E-state index contributed by atoms with van der Waals surface area (Å²) in [6.07, 6.45) is 0.295. The van der Waals surface area contributed by atoms with Crippen LogP contribution in [0.3, 0.4) is 0 Å². The van der Waals surface area contributed by atoms with Crippen molar-refractivity contribution >= 4 is 11.9 Å². The topological polar surface area (TPSA) is 89.6 Å². The standard InChI is InChI=1S/C5H9NO4/c6-10-5(9)3-1-2-4(7)8/h1-3,6H2,(H,7,8). The summed E-state index contributed by atoms with van der Waals surface area (Å²) < 4.78 is 0. The first-order chi connectivity index (χ1) is 4.66. The minimum Gasteiger partial charge on any atom is -0.481 e. The van der Waals surface area contributed by atoms with E-state index in [1.807, 2.05) is 0 Å². The third-order valence-corrected chi connectivity index (χ3v) is 0.903. The minimum atomic E-state index is -0.926. The van der Waals surface area contributed by atoms with Crippen LogP contribution in [-0.2, 0) is 14.4 Å². The molecule has 0 amide bonds. The number of rotatable bonds is 4. The van der Waals surface area contributed by atoms with E-state index in [0.29, 0.717) is 0 Å². The lowest BCUT2D eigenvalue weighted by atomic mass is 10.2. The zero-order valence-corrected chi connectivity index (χ0v) is 5.37. The van der Waals surface area contributed by atoms with Crippen molar-refractivity contribution in [3.8, 4) is 0 Å². The van der Waals surface area contributed by atoms with E-state index in [0.717, 1.165) is 0 Å². The summed E-state index contributed by atoms with van der Waals surface area (Å²) in [5, 5.41) is 8.12. The van der Waals surface area contributed by atoms with Gasteiger partial charge in [-0.25, -0.2) is 0 Å². The van der Waals surface area contributed by atoms with Gasteiger partial charge in [-0.05, 0) is 6.42 Å². The van der Waals surface area contributed by atoms with Crippen LogP contribution in [0.1, 0.15) is 19.3 Å². The molecule has 58 valence electrons. The molecule has 3 N–H and O–H groups in total. The summed E-state index contributed by atoms with van der Waals surface area (Å²) in [5.41, 5.74) is 0. The fourth-order valence-electron chi connectivity index (χ4n) is 0.443. The van der Waals surface area contributed by atoms with Gasteiger partial charge < -0.3 is 9.94 Å². The van der Waals surface area contributed by atoms with E-state index in [-0.39, 0.29) is 19.3 Å². The summed E-state index contributed by atoms with van der Waals surface area (Å²) in [4.78, 5) is 23.9. The fraction of sp³-hybridized carbons (Fsp3) is 0.600. The van der Waals surface area contributed by atoms with Crippen LogP contribution in [0, 0.1) is 0 Å². The maximum absolute atomic E-state index is 10.3. The number of hydrogen-bond donors (Lipinski definition) is 2. The molecule has 0 aliphatic heterocycles. The van der Waals surface area contributed by atoms with Crippen molar-refractivity contribution in [3.63, 3.8) is 0 Å². The Kier molecular flexibility index (Phi) is 4.23. The van der Waals surface area contributed by atoms with Gasteiger partial charge in [0, 0.05) is 12.8 Å². The molecular weight excluding hydrogens is 138 g/mol. The van der Waals surface area contributed by atoms with E-state index in [1.54, 1.807) is 0 Å². The highest BCUT2D eigenvalue weighted by atomic mass is 16.7. The molecule has 0 saturated heterocycles. The Balaban J connectivity index is 3.20. The fourth-order valence-corrected chi connectivity index (χ4v) is 0.443. The first kappa shape index (κ1) is 8.90. The predicted octanol–water partition coefficient (Wildman–Crippen LogP) is -0.342. The van der Waals surface area contributed by atoms with Gasteiger partial charge in [-0.1, -0.05) is 0 Å². The largest absolute Gasteiger partial charge is 0.481 e. The maximum Gasteiger partial charge on any atom is 0.324 e. The molecule has 5 nitrogen and oxygen atoms in total. The quantitative estimate of drug-likeness (QED) is 0.531. The Morgan fingerprint density at radius 2 is 2.00 bits per heavy atom. The lowest BCUT2D eigenvalue weighted by Gasteiger charge is -1.94. The van der Waals surface area contributed by atoms with Gasteiger partial charge in [0.2, 0.25) is 0 Å². The van der Waals surface area contributed by atoms with Crippen LogP contribution >= 0.6 is 0 Å². The molecule has 0 aromatic rings. The van der Waals surface area contributed by atoms with Crippen molar-refractivity contribution in [1.29, 1.82) is 0 Å². The second-order valence-electron chi connectivity index (χ2n) is 1.74. The normalized spacial score (nSPS) is 8.90. The zero-order chi connectivity index (χ0) is 7.98. The molecule has 0 aliphatic carbocycles. The Labute approximate surface area is 57.7 Å². The van der Waals surface area contributed by atoms with Crippen molar-refractivity contribution < 1.29 is 19.5 Å². The molecule has 0 radical (unpaired) electrons. The lowest BCUT2D eigenvalue weighted by molar-refractivity contribution is -0.144. The van der Waals surface area contributed by atoms with E-state index in [9.17, 15) is 9.59 Å². The Morgan fingerprint density at radius 1 is 1.40 bits per heavy atom. The predicted molar refractivity (Wildman–Crippen MR) is 31.8 cm³/mol. The molecule has 0 saturated carbocycles. The molecule has 0 spiro atoms. The molecule has 0 rings (SSSR count). The van der Waals surface area contributed by atoms with Crippen molar-refractivity contribution in [2.75, 3.05) is 0 Å². The van der Waals surface area contributed by atoms with Crippen molar-refractivity contribution in [3.05, 3.63) is 0 Å². The molecule has 5 heteroatoms. The molecule has 0 aromatic carbocycles. The number of carboxylic acids is 1. The van der Waals surface area contributed by atoms with E-state index in [4.69, 9.17) is 5.11 Å². The Hall–Kier alpha value is -1.10. The summed E-state index contributed by atoms with van der Waals surface area (Å²) in [5.74, 6) is 2.98. The molecule has 0 bridgehead atoms. The molecule has 0 unspecified atom stereocenters. The summed E-state index contributed by atoms with van der Waals surface area (Å²) in [7, 11) is 0. The summed E-state index contributed by atoms with van der Waals surface area (Å²) in [6.45, 7) is 0. The zero-order valence-electron chi connectivity index (χ0n) is 5.37. The van der Waals surface area contributed by atoms with E-state index < -0.39 is 11.9 Å². The molecule has 0 aliphatic rings. The molecule has 0 aromatic heterocycles. The van der Waals surface area contributed by atoms with E-state index in [1.165, 1.54) is 0 Å². The van der Waals surface area contributed by atoms with Crippen LogP contribution < -0.4 is 5.90 Å². The van der Waals surface area contributed by atoms with Crippen LogP contribution in [0.5, 0.6) is 0 Å². The van der Waals surface area contributed by atoms with E-state index in [2.05, 4.69) is 10.7 Å². The first-order valence-electron chi connectivity index (χ1n) is 2.78. The van der Waals surface area contributed by atoms with Crippen molar-refractivity contribution in [2.45, 2.75) is 19.3 Å². The van der Waals surface area contributed by atoms with Gasteiger partial charge in [0.15, 0.2) is 0 Å². The van der Waals surface area contributed by atoms with Crippen LogP contribution in [-0.4, -0.2) is 17.0 Å². The van der Waals surface area contributed by atoms with Crippen LogP contribution in [0.2, 0.25) is 0 Å². The van der Waals surface area contributed by atoms with Crippen LogP contribution in [0.15, 0.2) is 0 Å². The average Bonchev–Trinajstić information content (AvgIpc) is 1.87. The second-order valence-corrected chi connectivity index (χ2v) is 1.74. The third-order valence-electron chi connectivity index (χ3n) is 0.903. The monoisotopic (exact) mass is 147 g/mol. The first-order valence-corrected chi connectivity index (χ1v) is 2.78. The van der Waals surface area contributed by atoms with Gasteiger partial charge in [-0.15, -0.1) is 0 Å². The minimum absolute atomic E-state index is 0.0326. The van der Waals surface area contributed by atoms with Crippen LogP contribution in [0.25, 0.3) is 0 Å².